The summed E-state index contributed by atoms with van der Waals surface area (Å²) in [6.07, 6.45) is 4.43. The zero-order valence-corrected chi connectivity index (χ0v) is 18.3. The standard InChI is InChI=1S/C22H26N4O3S/c1-14-10-17(16-4-7-23-18(16)11-14)21-24-19(22(5-6-22)30(3,27)28)12-20(25-21)26-8-9-29-13-15(26)2/h4,7,10-12,15,23H,5-6,8-9,13H2,1-3H3. The lowest BCUT2D eigenvalue weighted by atomic mass is 10.1. The van der Waals surface area contributed by atoms with E-state index in [1.165, 1.54) is 6.26 Å². The largest absolute Gasteiger partial charge is 0.377 e. The molecule has 1 N–H and O–H groups in total. The van der Waals surface area contributed by atoms with Crippen LogP contribution in [0.15, 0.2) is 30.5 Å². The SMILES string of the molecule is Cc1cc(-c2nc(N3CCOCC3C)cc(C3(S(C)(=O)=O)CC3)n2)c2cc[nH]c2c1. The minimum atomic E-state index is -3.28. The van der Waals surface area contributed by atoms with E-state index in [0.717, 1.165) is 34.4 Å². The molecule has 1 unspecified atom stereocenters. The lowest BCUT2D eigenvalue weighted by molar-refractivity contribution is 0.0985. The third kappa shape index (κ3) is 3.09. The van der Waals surface area contributed by atoms with E-state index in [-0.39, 0.29) is 6.04 Å². The number of nitrogens with zero attached hydrogens (tertiary/aromatic N) is 3. The number of H-pyrrole nitrogens is 1. The first kappa shape index (κ1) is 19.5. The highest BCUT2D eigenvalue weighted by Gasteiger charge is 2.55. The van der Waals surface area contributed by atoms with Crippen molar-refractivity contribution in [3.63, 3.8) is 0 Å². The number of hydrogen-bond acceptors (Lipinski definition) is 6. The first-order valence-electron chi connectivity index (χ1n) is 10.3. The quantitative estimate of drug-likeness (QED) is 0.689. The Bertz CT molecular complexity index is 1230. The summed E-state index contributed by atoms with van der Waals surface area (Å²) < 4.78 is 30.0. The smallest absolute Gasteiger partial charge is 0.162 e. The third-order valence-electron chi connectivity index (χ3n) is 6.31. The van der Waals surface area contributed by atoms with Gasteiger partial charge in [0.05, 0.1) is 24.9 Å². The fourth-order valence-electron chi connectivity index (χ4n) is 4.43. The maximum Gasteiger partial charge on any atom is 0.162 e. The first-order chi connectivity index (χ1) is 14.3. The molecule has 3 heterocycles. The maximum atomic E-state index is 12.6. The summed E-state index contributed by atoms with van der Waals surface area (Å²) in [5.41, 5.74) is 3.64. The van der Waals surface area contributed by atoms with Crippen LogP contribution in [-0.2, 0) is 19.3 Å². The van der Waals surface area contributed by atoms with Gasteiger partial charge >= 0.3 is 0 Å². The van der Waals surface area contributed by atoms with Crippen molar-refractivity contribution < 1.29 is 13.2 Å². The molecule has 0 amide bonds. The van der Waals surface area contributed by atoms with E-state index in [0.29, 0.717) is 37.6 Å². The zero-order valence-electron chi connectivity index (χ0n) is 17.5. The molecule has 0 radical (unpaired) electrons. The van der Waals surface area contributed by atoms with Gasteiger partial charge in [0.2, 0.25) is 0 Å². The molecule has 7 nitrogen and oxygen atoms in total. The van der Waals surface area contributed by atoms with Crippen molar-refractivity contribution in [3.05, 3.63) is 41.7 Å². The fourth-order valence-corrected chi connectivity index (χ4v) is 5.76. The van der Waals surface area contributed by atoms with Crippen LogP contribution < -0.4 is 4.90 Å². The second-order valence-corrected chi connectivity index (χ2v) is 10.9. The van der Waals surface area contributed by atoms with Gasteiger partial charge in [-0.05, 0) is 50.5 Å². The average molecular weight is 427 g/mol. The van der Waals surface area contributed by atoms with Gasteiger partial charge in [-0.1, -0.05) is 0 Å². The number of sulfone groups is 1. The Morgan fingerprint density at radius 1 is 1.23 bits per heavy atom. The summed E-state index contributed by atoms with van der Waals surface area (Å²) in [7, 11) is -3.28. The molecule has 2 fully saturated rings. The number of nitrogens with one attached hydrogen (secondary N) is 1. The zero-order chi connectivity index (χ0) is 21.1. The summed E-state index contributed by atoms with van der Waals surface area (Å²) >= 11 is 0. The molecule has 5 rings (SSSR count). The molecule has 8 heteroatoms. The Morgan fingerprint density at radius 2 is 2.03 bits per heavy atom. The molecule has 1 saturated carbocycles. The van der Waals surface area contributed by atoms with Gasteiger partial charge < -0.3 is 14.6 Å². The van der Waals surface area contributed by atoms with E-state index < -0.39 is 14.6 Å². The van der Waals surface area contributed by atoms with E-state index in [1.807, 2.05) is 25.3 Å². The van der Waals surface area contributed by atoms with Crippen LogP contribution in [0.3, 0.4) is 0 Å². The minimum absolute atomic E-state index is 0.160. The summed E-state index contributed by atoms with van der Waals surface area (Å²) in [5.74, 6) is 1.34. The van der Waals surface area contributed by atoms with Crippen molar-refractivity contribution in [1.82, 2.24) is 15.0 Å². The number of rotatable bonds is 4. The number of aromatic nitrogens is 3. The molecule has 158 valence electrons. The van der Waals surface area contributed by atoms with Crippen LogP contribution in [0, 0.1) is 6.92 Å². The molecule has 1 atom stereocenters. The highest BCUT2D eigenvalue weighted by atomic mass is 32.2. The number of anilines is 1. The number of ether oxygens (including phenoxy) is 1. The third-order valence-corrected chi connectivity index (χ3v) is 8.35. The molecule has 2 aromatic heterocycles. The van der Waals surface area contributed by atoms with Gasteiger partial charge in [0.15, 0.2) is 15.7 Å². The Kier molecular flexibility index (Phi) is 4.41. The lowest BCUT2D eigenvalue weighted by Gasteiger charge is -2.34. The number of benzene rings is 1. The molecule has 1 aliphatic carbocycles. The highest BCUT2D eigenvalue weighted by Crippen LogP contribution is 2.52. The average Bonchev–Trinajstić information content (AvgIpc) is 3.41. The van der Waals surface area contributed by atoms with Gasteiger partial charge in [-0.15, -0.1) is 0 Å². The maximum absolute atomic E-state index is 12.6. The van der Waals surface area contributed by atoms with E-state index in [9.17, 15) is 8.42 Å². The van der Waals surface area contributed by atoms with Crippen molar-refractivity contribution >= 4 is 26.6 Å². The van der Waals surface area contributed by atoms with Crippen LogP contribution in [0.2, 0.25) is 0 Å². The Morgan fingerprint density at radius 3 is 2.73 bits per heavy atom. The minimum Gasteiger partial charge on any atom is -0.377 e. The van der Waals surface area contributed by atoms with E-state index in [1.54, 1.807) is 0 Å². The Labute approximate surface area is 176 Å². The van der Waals surface area contributed by atoms with E-state index in [4.69, 9.17) is 14.7 Å². The Hall–Kier alpha value is -2.45. The van der Waals surface area contributed by atoms with Crippen molar-refractivity contribution in [1.29, 1.82) is 0 Å². The molecule has 1 saturated heterocycles. The van der Waals surface area contributed by atoms with Crippen LogP contribution in [0.4, 0.5) is 5.82 Å². The lowest BCUT2D eigenvalue weighted by Crippen LogP contribution is -2.44. The molecule has 0 bridgehead atoms. The topological polar surface area (TPSA) is 88.2 Å². The number of hydrogen-bond donors (Lipinski definition) is 1. The van der Waals surface area contributed by atoms with E-state index in [2.05, 4.69) is 28.9 Å². The van der Waals surface area contributed by atoms with Crippen LogP contribution in [0.5, 0.6) is 0 Å². The van der Waals surface area contributed by atoms with Crippen molar-refractivity contribution in [2.45, 2.75) is 37.5 Å². The number of morpholine rings is 1. The molecular formula is C22H26N4O3S. The van der Waals surface area contributed by atoms with Gasteiger partial charge in [-0.3, -0.25) is 0 Å². The van der Waals surface area contributed by atoms with Gasteiger partial charge in [0, 0.05) is 41.5 Å². The van der Waals surface area contributed by atoms with Gasteiger partial charge in [-0.2, -0.15) is 0 Å². The van der Waals surface area contributed by atoms with Crippen molar-refractivity contribution in [3.8, 4) is 11.4 Å². The predicted molar refractivity (Wildman–Crippen MR) is 117 cm³/mol. The number of fused-ring (bicyclic) bond motifs is 1. The first-order valence-corrected chi connectivity index (χ1v) is 12.2. The summed E-state index contributed by atoms with van der Waals surface area (Å²) in [6, 6.07) is 8.21. The molecule has 0 spiro atoms. The molecule has 2 aliphatic rings. The second kappa shape index (κ2) is 6.78. The van der Waals surface area contributed by atoms with Gasteiger partial charge in [-0.25, -0.2) is 18.4 Å². The van der Waals surface area contributed by atoms with Crippen LogP contribution in [-0.4, -0.2) is 55.4 Å². The predicted octanol–water partition coefficient (Wildman–Crippen LogP) is 3.19. The fraction of sp³-hybridized carbons (Fsp3) is 0.455. The molecule has 30 heavy (non-hydrogen) atoms. The van der Waals surface area contributed by atoms with Crippen molar-refractivity contribution in [2.75, 3.05) is 30.9 Å². The Balaban J connectivity index is 1.74. The molecular weight excluding hydrogens is 400 g/mol. The van der Waals surface area contributed by atoms with Gasteiger partial charge in [0.25, 0.3) is 0 Å². The number of aryl methyl sites for hydroxylation is 1. The molecule has 3 aromatic rings. The van der Waals surface area contributed by atoms with E-state index >= 15 is 0 Å². The molecule has 1 aliphatic heterocycles. The second-order valence-electron chi connectivity index (χ2n) is 8.57. The summed E-state index contributed by atoms with van der Waals surface area (Å²) in [4.78, 5) is 15.2. The molecule has 1 aromatic carbocycles. The van der Waals surface area contributed by atoms with Crippen LogP contribution >= 0.6 is 0 Å². The highest BCUT2D eigenvalue weighted by molar-refractivity contribution is 7.91. The van der Waals surface area contributed by atoms with Crippen LogP contribution in [0.1, 0.15) is 31.0 Å². The summed E-state index contributed by atoms with van der Waals surface area (Å²) in [5, 5.41) is 1.03. The van der Waals surface area contributed by atoms with Crippen LogP contribution in [0.25, 0.3) is 22.3 Å². The normalized spacial score (nSPS) is 21.2. The van der Waals surface area contributed by atoms with Gasteiger partial charge in [0.1, 0.15) is 10.6 Å². The summed E-state index contributed by atoms with van der Waals surface area (Å²) in [6.45, 7) is 6.11. The van der Waals surface area contributed by atoms with Crippen molar-refractivity contribution in [2.24, 2.45) is 0 Å². The monoisotopic (exact) mass is 426 g/mol. The number of aromatic amines is 1.